The fourth-order valence-corrected chi connectivity index (χ4v) is 1.82. The molecule has 0 aliphatic carbocycles. The summed E-state index contributed by atoms with van der Waals surface area (Å²) in [6.45, 7) is 0.638. The van der Waals surface area contributed by atoms with Gasteiger partial charge in [-0.2, -0.15) is 0 Å². The van der Waals surface area contributed by atoms with E-state index in [1.807, 2.05) is 48.5 Å². The molecule has 0 aliphatic rings. The first kappa shape index (κ1) is 14.9. The van der Waals surface area contributed by atoms with Crippen LogP contribution in [0.25, 0.3) is 0 Å². The number of benzene rings is 2. The average molecular weight is 285 g/mol. The monoisotopic (exact) mass is 285 g/mol. The van der Waals surface area contributed by atoms with Crippen molar-refractivity contribution < 1.29 is 9.47 Å². The molecule has 2 aromatic rings. The van der Waals surface area contributed by atoms with Gasteiger partial charge in [-0.25, -0.2) is 10.4 Å². The van der Waals surface area contributed by atoms with Crippen molar-refractivity contribution in [2.75, 3.05) is 14.2 Å². The molecule has 5 nitrogen and oxygen atoms in total. The van der Waals surface area contributed by atoms with E-state index in [4.69, 9.17) is 9.47 Å². The first-order valence-electron chi connectivity index (χ1n) is 6.60. The van der Waals surface area contributed by atoms with Gasteiger partial charge in [-0.1, -0.05) is 18.2 Å². The summed E-state index contributed by atoms with van der Waals surface area (Å²) in [4.78, 5) is 4.27. The number of hydrogen-bond acceptors (Lipinski definition) is 4. The average Bonchev–Trinajstić information content (AvgIpc) is 2.55. The summed E-state index contributed by atoms with van der Waals surface area (Å²) in [6, 6.07) is 15.4. The Kier molecular flexibility index (Phi) is 5.60. The van der Waals surface area contributed by atoms with Crippen LogP contribution in [0.5, 0.6) is 11.5 Å². The second-order valence-corrected chi connectivity index (χ2v) is 4.27. The molecule has 0 bridgehead atoms. The van der Waals surface area contributed by atoms with Crippen LogP contribution in [0, 0.1) is 0 Å². The maximum atomic E-state index is 5.28. The normalized spacial score (nSPS) is 10.6. The van der Waals surface area contributed by atoms with E-state index in [1.54, 1.807) is 20.6 Å². The largest absolute Gasteiger partial charge is 0.497 e. The Balaban J connectivity index is 1.79. The topological polar surface area (TPSA) is 54.9 Å². The van der Waals surface area contributed by atoms with Gasteiger partial charge in [-0.05, 0) is 30.3 Å². The first-order valence-corrected chi connectivity index (χ1v) is 6.60. The van der Waals surface area contributed by atoms with Gasteiger partial charge in [0.05, 0.1) is 19.9 Å². The maximum Gasteiger partial charge on any atom is 0.123 e. The van der Waals surface area contributed by atoms with E-state index in [1.165, 1.54) is 0 Å². The number of aliphatic imine (C=N–C) groups is 1. The van der Waals surface area contributed by atoms with E-state index < -0.39 is 0 Å². The lowest BCUT2D eigenvalue weighted by atomic mass is 10.2. The summed E-state index contributed by atoms with van der Waals surface area (Å²) in [5.74, 6) is 1.68. The number of para-hydroxylation sites is 1. The number of methoxy groups -OCH3 is 2. The molecule has 0 saturated carbocycles. The standard InChI is InChI=1S/C16H19N3O2/c1-20-15-9-7-14(8-10-15)17-12-19-18-11-13-5-3-4-6-16(13)21-2/h3-10,12,18H,11H2,1-2H3,(H,17,19). The van der Waals surface area contributed by atoms with Gasteiger partial charge in [0, 0.05) is 12.1 Å². The van der Waals surface area contributed by atoms with Crippen LogP contribution in [0.3, 0.4) is 0 Å². The molecule has 0 unspecified atom stereocenters. The molecule has 0 atom stereocenters. The van der Waals surface area contributed by atoms with Crippen molar-refractivity contribution in [3.8, 4) is 11.5 Å². The highest BCUT2D eigenvalue weighted by Gasteiger charge is 1.99. The second-order valence-electron chi connectivity index (χ2n) is 4.27. The van der Waals surface area contributed by atoms with Crippen molar-refractivity contribution in [1.82, 2.24) is 10.9 Å². The fourth-order valence-electron chi connectivity index (χ4n) is 1.82. The molecule has 0 fully saturated rings. The summed E-state index contributed by atoms with van der Waals surface area (Å²) in [5, 5.41) is 0. The Bertz CT molecular complexity index is 582. The lowest BCUT2D eigenvalue weighted by molar-refractivity contribution is 0.407. The number of nitrogens with zero attached hydrogens (tertiary/aromatic N) is 1. The Morgan fingerprint density at radius 1 is 1.00 bits per heavy atom. The number of nitrogens with one attached hydrogen (secondary N) is 2. The molecular formula is C16H19N3O2. The highest BCUT2D eigenvalue weighted by molar-refractivity contribution is 5.60. The van der Waals surface area contributed by atoms with Crippen LogP contribution >= 0.6 is 0 Å². The van der Waals surface area contributed by atoms with Gasteiger partial charge in [0.25, 0.3) is 0 Å². The molecule has 21 heavy (non-hydrogen) atoms. The summed E-state index contributed by atoms with van der Waals surface area (Å²) < 4.78 is 10.4. The van der Waals surface area contributed by atoms with E-state index >= 15 is 0 Å². The van der Waals surface area contributed by atoms with Gasteiger partial charge in [0.2, 0.25) is 0 Å². The summed E-state index contributed by atoms with van der Waals surface area (Å²) in [5.41, 5.74) is 7.92. The van der Waals surface area contributed by atoms with E-state index in [2.05, 4.69) is 15.8 Å². The van der Waals surface area contributed by atoms with E-state index in [9.17, 15) is 0 Å². The Morgan fingerprint density at radius 2 is 1.76 bits per heavy atom. The van der Waals surface area contributed by atoms with E-state index in [0.29, 0.717) is 6.54 Å². The smallest absolute Gasteiger partial charge is 0.123 e. The van der Waals surface area contributed by atoms with Crippen molar-refractivity contribution in [2.45, 2.75) is 6.54 Å². The van der Waals surface area contributed by atoms with Gasteiger partial charge >= 0.3 is 0 Å². The fraction of sp³-hybridized carbons (Fsp3) is 0.188. The molecule has 2 rings (SSSR count). The third-order valence-electron chi connectivity index (χ3n) is 2.92. The molecular weight excluding hydrogens is 266 g/mol. The van der Waals surface area contributed by atoms with Crippen LogP contribution in [0.2, 0.25) is 0 Å². The minimum absolute atomic E-state index is 0.638. The number of hydrazine groups is 1. The number of rotatable bonds is 7. The molecule has 5 heteroatoms. The zero-order chi connectivity index (χ0) is 14.9. The van der Waals surface area contributed by atoms with Crippen molar-refractivity contribution in [2.24, 2.45) is 4.99 Å². The number of hydrogen-bond donors (Lipinski definition) is 2. The predicted octanol–water partition coefficient (Wildman–Crippen LogP) is 2.66. The minimum Gasteiger partial charge on any atom is -0.497 e. The zero-order valence-electron chi connectivity index (χ0n) is 12.2. The van der Waals surface area contributed by atoms with Crippen molar-refractivity contribution in [3.63, 3.8) is 0 Å². The van der Waals surface area contributed by atoms with Crippen molar-refractivity contribution in [3.05, 3.63) is 54.1 Å². The number of ether oxygens (including phenoxy) is 2. The third kappa shape index (κ3) is 4.50. The molecule has 2 N–H and O–H groups in total. The Morgan fingerprint density at radius 3 is 2.48 bits per heavy atom. The highest BCUT2D eigenvalue weighted by atomic mass is 16.5. The van der Waals surface area contributed by atoms with E-state index in [0.717, 1.165) is 22.7 Å². The van der Waals surface area contributed by atoms with Crippen LogP contribution in [0.4, 0.5) is 5.69 Å². The van der Waals surface area contributed by atoms with Crippen LogP contribution in [0.15, 0.2) is 53.5 Å². The predicted molar refractivity (Wildman–Crippen MR) is 84.1 cm³/mol. The summed E-state index contributed by atoms with van der Waals surface area (Å²) >= 11 is 0. The van der Waals surface area contributed by atoms with Gasteiger partial charge in [0.15, 0.2) is 0 Å². The van der Waals surface area contributed by atoms with Gasteiger partial charge < -0.3 is 14.9 Å². The van der Waals surface area contributed by atoms with E-state index in [-0.39, 0.29) is 0 Å². The Hall–Kier alpha value is -2.53. The van der Waals surface area contributed by atoms with Crippen LogP contribution in [-0.2, 0) is 6.54 Å². The quantitative estimate of drug-likeness (QED) is 0.355. The van der Waals surface area contributed by atoms with Gasteiger partial charge in [0.1, 0.15) is 17.8 Å². The zero-order valence-corrected chi connectivity index (χ0v) is 12.2. The molecule has 0 aliphatic heterocycles. The molecule has 110 valence electrons. The molecule has 2 aromatic carbocycles. The van der Waals surface area contributed by atoms with Crippen molar-refractivity contribution in [1.29, 1.82) is 0 Å². The minimum atomic E-state index is 0.638. The lowest BCUT2D eigenvalue weighted by Crippen LogP contribution is -2.29. The summed E-state index contributed by atoms with van der Waals surface area (Å²) in [7, 11) is 3.30. The molecule has 0 radical (unpaired) electrons. The van der Waals surface area contributed by atoms with Crippen molar-refractivity contribution >= 4 is 12.0 Å². The maximum absolute atomic E-state index is 5.28. The van der Waals surface area contributed by atoms with Crippen LogP contribution < -0.4 is 20.3 Å². The Labute approximate surface area is 124 Å². The molecule has 0 heterocycles. The van der Waals surface area contributed by atoms with Crippen LogP contribution in [0.1, 0.15) is 5.56 Å². The lowest BCUT2D eigenvalue weighted by Gasteiger charge is -2.08. The molecule has 0 spiro atoms. The second kappa shape index (κ2) is 7.91. The summed E-state index contributed by atoms with van der Waals surface area (Å²) in [6.07, 6.45) is 1.61. The molecule has 0 aromatic heterocycles. The SMILES string of the molecule is COc1ccc(N=CNNCc2ccccc2OC)cc1. The molecule has 0 amide bonds. The first-order chi connectivity index (χ1) is 10.3. The molecule has 0 saturated heterocycles. The highest BCUT2D eigenvalue weighted by Crippen LogP contribution is 2.17. The third-order valence-corrected chi connectivity index (χ3v) is 2.92. The van der Waals surface area contributed by atoms with Crippen LogP contribution in [-0.4, -0.2) is 20.6 Å². The van der Waals surface area contributed by atoms with Gasteiger partial charge in [-0.15, -0.1) is 0 Å². The van der Waals surface area contributed by atoms with Gasteiger partial charge in [-0.3, -0.25) is 0 Å².